The minimum absolute atomic E-state index is 0.622. The lowest BCUT2D eigenvalue weighted by molar-refractivity contribution is 0.707. The molecule has 1 saturated heterocycles. The number of hydrazine groups is 1. The molecule has 0 bridgehead atoms. The molecular formula is C14H25N5S. The summed E-state index contributed by atoms with van der Waals surface area (Å²) in [5.74, 6) is 8.27. The fourth-order valence-electron chi connectivity index (χ4n) is 2.68. The van der Waals surface area contributed by atoms with E-state index in [1.165, 1.54) is 0 Å². The molecule has 112 valence electrons. The van der Waals surface area contributed by atoms with Gasteiger partial charge in [-0.1, -0.05) is 20.8 Å². The van der Waals surface area contributed by atoms with Crippen molar-refractivity contribution < 1.29 is 0 Å². The highest BCUT2D eigenvalue weighted by molar-refractivity contribution is 8.00. The lowest BCUT2D eigenvalue weighted by Crippen LogP contribution is -2.41. The van der Waals surface area contributed by atoms with Crippen LogP contribution in [0, 0.1) is 6.92 Å². The normalized spacial score (nSPS) is 22.9. The molecule has 3 N–H and O–H groups in total. The second-order valence-corrected chi connectivity index (χ2v) is 7.38. The molecular weight excluding hydrogens is 270 g/mol. The standard InChI is InChI=1S/C14H25N5S/c1-5-6-12-16-13(18-15)11(4)14(17-12)19-7-9(2)20-10(3)8-19/h9-10H,5-8,15H2,1-4H3,(H,16,17,18). The molecule has 20 heavy (non-hydrogen) atoms. The van der Waals surface area contributed by atoms with Crippen molar-refractivity contribution in [3.8, 4) is 0 Å². The Morgan fingerprint density at radius 2 is 1.95 bits per heavy atom. The molecule has 0 aromatic carbocycles. The van der Waals surface area contributed by atoms with Crippen LogP contribution in [0.3, 0.4) is 0 Å². The van der Waals surface area contributed by atoms with Crippen LogP contribution in [-0.4, -0.2) is 33.6 Å². The monoisotopic (exact) mass is 295 g/mol. The first kappa shape index (κ1) is 15.4. The average molecular weight is 295 g/mol. The van der Waals surface area contributed by atoms with E-state index in [1.807, 2.05) is 18.7 Å². The van der Waals surface area contributed by atoms with Crippen LogP contribution in [0.25, 0.3) is 0 Å². The smallest absolute Gasteiger partial charge is 0.148 e. The average Bonchev–Trinajstić information content (AvgIpc) is 2.39. The Morgan fingerprint density at radius 1 is 1.30 bits per heavy atom. The number of hydrogen-bond acceptors (Lipinski definition) is 6. The van der Waals surface area contributed by atoms with E-state index in [-0.39, 0.29) is 0 Å². The van der Waals surface area contributed by atoms with Crippen LogP contribution in [0.2, 0.25) is 0 Å². The molecule has 2 rings (SSSR count). The Kier molecular flexibility index (Phi) is 5.10. The van der Waals surface area contributed by atoms with Crippen LogP contribution < -0.4 is 16.2 Å². The van der Waals surface area contributed by atoms with Crippen molar-refractivity contribution in [2.75, 3.05) is 23.4 Å². The molecule has 0 radical (unpaired) electrons. The van der Waals surface area contributed by atoms with E-state index in [2.05, 4.69) is 36.1 Å². The van der Waals surface area contributed by atoms with E-state index in [4.69, 9.17) is 10.8 Å². The van der Waals surface area contributed by atoms with Crippen molar-refractivity contribution in [1.29, 1.82) is 0 Å². The molecule has 0 aliphatic carbocycles. The molecule has 0 saturated carbocycles. The van der Waals surface area contributed by atoms with Gasteiger partial charge < -0.3 is 10.3 Å². The summed E-state index contributed by atoms with van der Waals surface area (Å²) >= 11 is 2.04. The van der Waals surface area contributed by atoms with Gasteiger partial charge in [0.2, 0.25) is 0 Å². The number of anilines is 2. The molecule has 1 aromatic rings. The third-order valence-electron chi connectivity index (χ3n) is 3.50. The van der Waals surface area contributed by atoms with Gasteiger partial charge in [0.1, 0.15) is 17.5 Å². The largest absolute Gasteiger partial charge is 0.354 e. The Bertz CT molecular complexity index is 455. The number of nitrogen functional groups attached to an aromatic ring is 1. The maximum Gasteiger partial charge on any atom is 0.148 e. The number of nitrogens with two attached hydrogens (primary N) is 1. The first-order valence-corrected chi connectivity index (χ1v) is 8.24. The maximum atomic E-state index is 5.61. The second kappa shape index (κ2) is 6.63. The molecule has 6 heteroatoms. The van der Waals surface area contributed by atoms with E-state index < -0.39 is 0 Å². The summed E-state index contributed by atoms with van der Waals surface area (Å²) in [5, 5.41) is 1.24. The van der Waals surface area contributed by atoms with Gasteiger partial charge in [-0.15, -0.1) is 0 Å². The molecule has 1 aromatic heterocycles. The van der Waals surface area contributed by atoms with Crippen LogP contribution >= 0.6 is 11.8 Å². The van der Waals surface area contributed by atoms with Gasteiger partial charge in [0.15, 0.2) is 0 Å². The third kappa shape index (κ3) is 3.35. The van der Waals surface area contributed by atoms with Crippen LogP contribution in [0.4, 0.5) is 11.6 Å². The fourth-order valence-corrected chi connectivity index (χ4v) is 4.01. The highest BCUT2D eigenvalue weighted by atomic mass is 32.2. The van der Waals surface area contributed by atoms with E-state index in [0.29, 0.717) is 10.5 Å². The molecule has 0 amide bonds. The zero-order valence-electron chi connectivity index (χ0n) is 12.8. The molecule has 1 aliphatic heterocycles. The molecule has 0 spiro atoms. The number of hydrogen-bond donors (Lipinski definition) is 2. The minimum Gasteiger partial charge on any atom is -0.354 e. The van der Waals surface area contributed by atoms with Crippen LogP contribution in [0.5, 0.6) is 0 Å². The lowest BCUT2D eigenvalue weighted by Gasteiger charge is -2.36. The molecule has 5 nitrogen and oxygen atoms in total. The quantitative estimate of drug-likeness (QED) is 0.656. The summed E-state index contributed by atoms with van der Waals surface area (Å²) in [7, 11) is 0. The fraction of sp³-hybridized carbons (Fsp3) is 0.714. The number of thioether (sulfide) groups is 1. The van der Waals surface area contributed by atoms with Crippen LogP contribution in [0.15, 0.2) is 0 Å². The van der Waals surface area contributed by atoms with Gasteiger partial charge in [0.25, 0.3) is 0 Å². The minimum atomic E-state index is 0.622. The second-order valence-electron chi connectivity index (χ2n) is 5.49. The van der Waals surface area contributed by atoms with Crippen molar-refractivity contribution in [3.05, 3.63) is 11.4 Å². The van der Waals surface area contributed by atoms with E-state index >= 15 is 0 Å². The summed E-state index contributed by atoms with van der Waals surface area (Å²) in [5.41, 5.74) is 3.75. The summed E-state index contributed by atoms with van der Waals surface area (Å²) < 4.78 is 0. The van der Waals surface area contributed by atoms with Gasteiger partial charge in [-0.3, -0.25) is 0 Å². The van der Waals surface area contributed by atoms with Crippen LogP contribution in [0.1, 0.15) is 38.6 Å². The van der Waals surface area contributed by atoms with Gasteiger partial charge >= 0.3 is 0 Å². The number of rotatable bonds is 4. The molecule has 2 heterocycles. The summed E-state index contributed by atoms with van der Waals surface area (Å²) in [4.78, 5) is 11.6. The van der Waals surface area contributed by atoms with Crippen molar-refractivity contribution in [2.24, 2.45) is 5.84 Å². The summed E-state index contributed by atoms with van der Waals surface area (Å²) in [6, 6.07) is 0. The Morgan fingerprint density at radius 3 is 2.50 bits per heavy atom. The predicted molar refractivity (Wildman–Crippen MR) is 87.3 cm³/mol. The summed E-state index contributed by atoms with van der Waals surface area (Å²) in [6.07, 6.45) is 1.92. The summed E-state index contributed by atoms with van der Waals surface area (Å²) in [6.45, 7) is 10.8. The molecule has 2 unspecified atom stereocenters. The van der Waals surface area contributed by atoms with Crippen molar-refractivity contribution in [1.82, 2.24) is 9.97 Å². The van der Waals surface area contributed by atoms with E-state index in [1.54, 1.807) is 0 Å². The van der Waals surface area contributed by atoms with Gasteiger partial charge in [-0.2, -0.15) is 11.8 Å². The van der Waals surface area contributed by atoms with E-state index in [0.717, 1.165) is 49.0 Å². The third-order valence-corrected chi connectivity index (χ3v) is 4.72. The van der Waals surface area contributed by atoms with Crippen molar-refractivity contribution >= 4 is 23.4 Å². The maximum absolute atomic E-state index is 5.61. The number of aromatic nitrogens is 2. The zero-order chi connectivity index (χ0) is 14.7. The number of nitrogens with zero attached hydrogens (tertiary/aromatic N) is 3. The highest BCUT2D eigenvalue weighted by Gasteiger charge is 2.25. The molecule has 1 aliphatic rings. The highest BCUT2D eigenvalue weighted by Crippen LogP contribution is 2.31. The van der Waals surface area contributed by atoms with Crippen LogP contribution in [-0.2, 0) is 6.42 Å². The lowest BCUT2D eigenvalue weighted by atomic mass is 10.2. The first-order valence-electron chi connectivity index (χ1n) is 7.29. The molecule has 1 fully saturated rings. The topological polar surface area (TPSA) is 67.1 Å². The Balaban J connectivity index is 2.35. The van der Waals surface area contributed by atoms with Gasteiger partial charge in [0, 0.05) is 35.6 Å². The van der Waals surface area contributed by atoms with Crippen molar-refractivity contribution in [2.45, 2.75) is 51.0 Å². The van der Waals surface area contributed by atoms with Gasteiger partial charge in [-0.05, 0) is 13.3 Å². The van der Waals surface area contributed by atoms with Gasteiger partial charge in [0.05, 0.1) is 0 Å². The number of nitrogens with one attached hydrogen (secondary N) is 1. The Hall–Kier alpha value is -1.01. The SMILES string of the molecule is CCCc1nc(NN)c(C)c(N2CC(C)SC(C)C2)n1. The van der Waals surface area contributed by atoms with E-state index in [9.17, 15) is 0 Å². The predicted octanol–water partition coefficient (Wildman–Crippen LogP) is 2.35. The van der Waals surface area contributed by atoms with Gasteiger partial charge in [-0.25, -0.2) is 15.8 Å². The first-order chi connectivity index (χ1) is 9.55. The van der Waals surface area contributed by atoms with Crippen molar-refractivity contribution in [3.63, 3.8) is 0 Å². The zero-order valence-corrected chi connectivity index (χ0v) is 13.6. The molecule has 2 atom stereocenters. The Labute approximate surface area is 125 Å². The number of aryl methyl sites for hydroxylation is 1.